The summed E-state index contributed by atoms with van der Waals surface area (Å²) in [4.78, 5) is 16.4. The highest BCUT2D eigenvalue weighted by atomic mass is 16.5. The Morgan fingerprint density at radius 3 is 2.80 bits per heavy atom. The van der Waals surface area contributed by atoms with E-state index in [1.807, 2.05) is 16.7 Å². The van der Waals surface area contributed by atoms with Gasteiger partial charge in [0.1, 0.15) is 0 Å². The maximum atomic E-state index is 13.8. The van der Waals surface area contributed by atoms with Gasteiger partial charge in [0.15, 0.2) is 0 Å². The molecule has 5 spiro atoms. The SMILES string of the molecule is CN1C[C@@H]2CC3=C(CC[C@@]45C[C@H]6[C@H](C=C34)[C@]63CC[C@@]4(C[C@@]67CC[C@H]8[C@]9%10CCC[C@@]8(C)C(=O)N[C@@H]9[C@H]6C[C@H]4C[C@H]7%10)O[C@@H]53)[C@@](C)(C2)C1. The molecular formula is C41H54N2O2. The van der Waals surface area contributed by atoms with Gasteiger partial charge in [-0.25, -0.2) is 0 Å². The summed E-state index contributed by atoms with van der Waals surface area (Å²) < 4.78 is 8.13. The van der Waals surface area contributed by atoms with Crippen molar-refractivity contribution in [3.63, 3.8) is 0 Å². The van der Waals surface area contributed by atoms with E-state index in [4.69, 9.17) is 4.74 Å². The number of carbonyl (C=O) groups excluding carboxylic acids is 1. The lowest BCUT2D eigenvalue weighted by Crippen LogP contribution is -2.69. The Bertz CT molecular complexity index is 1600. The van der Waals surface area contributed by atoms with Gasteiger partial charge in [-0.3, -0.25) is 4.79 Å². The van der Waals surface area contributed by atoms with E-state index in [1.165, 1.54) is 103 Å². The first-order valence-electron chi connectivity index (χ1n) is 19.7. The summed E-state index contributed by atoms with van der Waals surface area (Å²) in [6.07, 6.45) is 23.7. The molecule has 0 unspecified atom stereocenters. The first kappa shape index (κ1) is 25.8. The standard InChI is InChI=1S/C41H54N2O2/c1-35-17-22(19-43(3)21-35)13-24-25(35)5-9-37-18-29-27(16-26(24)37)40(29)12-11-39(45-33(37)40)20-38-10-6-30-36(2)7-4-8-41(30)31(38)15-23(39)14-28(38)32(41)42-34(36)44/h16,22-23,27-33H,4-15,17-21H2,1-3H3,(H,42,44)/t22-,23+,27+,28-,29+,30-,31-,32-,33+,35+,36-,37-,38+,39+,40-,41+/m1/s1. The van der Waals surface area contributed by atoms with Crippen LogP contribution in [0.4, 0.5) is 0 Å². The van der Waals surface area contributed by atoms with Crippen LogP contribution in [0, 0.1) is 73.9 Å². The molecular weight excluding hydrogens is 552 g/mol. The number of piperidine rings is 2. The smallest absolute Gasteiger partial charge is 0.226 e. The van der Waals surface area contributed by atoms with E-state index >= 15 is 0 Å². The summed E-state index contributed by atoms with van der Waals surface area (Å²) in [5.41, 5.74) is 7.60. The molecule has 1 N–H and O–H groups in total. The third-order valence-corrected chi connectivity index (χ3v) is 20.0. The Morgan fingerprint density at radius 1 is 0.978 bits per heavy atom. The number of fused-ring (bicyclic) bond motifs is 3. The fourth-order valence-electron chi connectivity index (χ4n) is 19.2. The van der Waals surface area contributed by atoms with Crippen molar-refractivity contribution >= 4 is 5.91 Å². The van der Waals surface area contributed by atoms with E-state index in [9.17, 15) is 4.79 Å². The van der Waals surface area contributed by atoms with Gasteiger partial charge in [-0.05, 0) is 160 Å². The number of hydrogen-bond acceptors (Lipinski definition) is 3. The molecule has 11 fully saturated rings. The Hall–Kier alpha value is -1.13. The molecule has 1 amide bonds. The van der Waals surface area contributed by atoms with Crippen molar-refractivity contribution in [1.82, 2.24) is 10.2 Å². The molecule has 3 saturated heterocycles. The summed E-state index contributed by atoms with van der Waals surface area (Å²) in [5.74, 6) is 5.90. The minimum Gasteiger partial charge on any atom is -0.370 e. The molecule has 0 aromatic heterocycles. The van der Waals surface area contributed by atoms with E-state index < -0.39 is 0 Å². The average molecular weight is 607 g/mol. The number of amides is 1. The minimum atomic E-state index is -0.108. The van der Waals surface area contributed by atoms with Gasteiger partial charge in [-0.1, -0.05) is 31.9 Å². The minimum absolute atomic E-state index is 0.108. The number of nitrogens with zero attached hydrogens (tertiary/aromatic N) is 1. The van der Waals surface area contributed by atoms with Gasteiger partial charge in [0.25, 0.3) is 0 Å². The van der Waals surface area contributed by atoms with E-state index in [0.717, 1.165) is 36.0 Å². The summed E-state index contributed by atoms with van der Waals surface area (Å²) >= 11 is 0. The molecule has 8 saturated carbocycles. The third kappa shape index (κ3) is 2.37. The van der Waals surface area contributed by atoms with Crippen LogP contribution in [0.25, 0.3) is 0 Å². The van der Waals surface area contributed by atoms with Gasteiger partial charge >= 0.3 is 0 Å². The summed E-state index contributed by atoms with van der Waals surface area (Å²) in [7, 11) is 2.37. The van der Waals surface area contributed by atoms with E-state index in [2.05, 4.69) is 37.2 Å². The van der Waals surface area contributed by atoms with Crippen molar-refractivity contribution in [3.05, 3.63) is 22.8 Å². The van der Waals surface area contributed by atoms with Gasteiger partial charge in [0.05, 0.1) is 11.7 Å². The Labute approximate surface area is 269 Å². The third-order valence-electron chi connectivity index (χ3n) is 20.0. The molecule has 4 heteroatoms. The van der Waals surface area contributed by atoms with Crippen molar-refractivity contribution in [2.24, 2.45) is 73.9 Å². The molecule has 3 aliphatic heterocycles. The molecule has 15 rings (SSSR count). The van der Waals surface area contributed by atoms with Crippen LogP contribution in [-0.4, -0.2) is 48.7 Å². The molecule has 45 heavy (non-hydrogen) atoms. The molecule has 0 aromatic rings. The highest BCUT2D eigenvalue weighted by molar-refractivity contribution is 5.85. The van der Waals surface area contributed by atoms with Gasteiger partial charge in [0.2, 0.25) is 5.91 Å². The number of allylic oxidation sites excluding steroid dienone is 2. The van der Waals surface area contributed by atoms with Gasteiger partial charge in [0, 0.05) is 40.8 Å². The molecule has 240 valence electrons. The molecule has 12 aliphatic carbocycles. The molecule has 16 atom stereocenters. The van der Waals surface area contributed by atoms with E-state index in [1.54, 1.807) is 0 Å². The molecule has 0 radical (unpaired) electrons. The predicted molar refractivity (Wildman–Crippen MR) is 172 cm³/mol. The molecule has 3 heterocycles. The average Bonchev–Trinajstić information content (AvgIpc) is 3.55. The van der Waals surface area contributed by atoms with Crippen molar-refractivity contribution in [2.75, 3.05) is 20.1 Å². The van der Waals surface area contributed by atoms with Gasteiger partial charge in [-0.15, -0.1) is 0 Å². The van der Waals surface area contributed by atoms with Gasteiger partial charge in [-0.2, -0.15) is 0 Å². The van der Waals surface area contributed by atoms with Crippen LogP contribution in [0.15, 0.2) is 22.8 Å². The van der Waals surface area contributed by atoms with Crippen LogP contribution in [-0.2, 0) is 9.53 Å². The molecule has 4 nitrogen and oxygen atoms in total. The number of ether oxygens (including phenoxy) is 1. The van der Waals surface area contributed by atoms with Crippen LogP contribution in [0.1, 0.15) is 110 Å². The highest BCUT2D eigenvalue weighted by Crippen LogP contribution is 2.88. The first-order valence-corrected chi connectivity index (χ1v) is 19.7. The second-order valence-corrected chi connectivity index (χ2v) is 20.9. The lowest BCUT2D eigenvalue weighted by molar-refractivity contribution is -0.283. The lowest BCUT2D eigenvalue weighted by Gasteiger charge is -2.69. The first-order chi connectivity index (χ1) is 21.6. The Kier molecular flexibility index (Phi) is 4.08. The van der Waals surface area contributed by atoms with Crippen LogP contribution < -0.4 is 5.32 Å². The maximum absolute atomic E-state index is 13.8. The van der Waals surface area contributed by atoms with E-state index in [0.29, 0.717) is 57.0 Å². The normalized spacial score (nSPS) is 66.4. The number of carbonyl (C=O) groups is 1. The van der Waals surface area contributed by atoms with E-state index in [-0.39, 0.29) is 11.0 Å². The monoisotopic (exact) mass is 606 g/mol. The fraction of sp³-hybridized carbons (Fsp3) is 0.878. The summed E-state index contributed by atoms with van der Waals surface area (Å²) in [6.45, 7) is 7.54. The summed E-state index contributed by atoms with van der Waals surface area (Å²) in [5, 5.41) is 3.82. The maximum Gasteiger partial charge on any atom is 0.226 e. The van der Waals surface area contributed by atoms with Crippen LogP contribution in [0.2, 0.25) is 0 Å². The number of rotatable bonds is 0. The molecule has 0 aromatic carbocycles. The van der Waals surface area contributed by atoms with Crippen molar-refractivity contribution in [1.29, 1.82) is 0 Å². The fourth-order valence-corrected chi connectivity index (χ4v) is 19.2. The quantitative estimate of drug-likeness (QED) is 0.321. The van der Waals surface area contributed by atoms with Crippen molar-refractivity contribution < 1.29 is 9.53 Å². The molecule has 12 bridgehead atoms. The van der Waals surface area contributed by atoms with Crippen molar-refractivity contribution in [2.45, 2.75) is 128 Å². The zero-order chi connectivity index (χ0) is 29.7. The highest BCUT2D eigenvalue weighted by Gasteiger charge is 2.86. The zero-order valence-electron chi connectivity index (χ0n) is 28.1. The topological polar surface area (TPSA) is 41.6 Å². The molecule has 15 aliphatic rings. The van der Waals surface area contributed by atoms with Crippen molar-refractivity contribution in [3.8, 4) is 0 Å². The summed E-state index contributed by atoms with van der Waals surface area (Å²) in [6, 6.07) is 0.464. The lowest BCUT2D eigenvalue weighted by atomic mass is 9.38. The van der Waals surface area contributed by atoms with Crippen LogP contribution >= 0.6 is 0 Å². The number of nitrogens with one attached hydrogen (secondary N) is 1. The van der Waals surface area contributed by atoms with Crippen LogP contribution in [0.5, 0.6) is 0 Å². The Morgan fingerprint density at radius 2 is 1.89 bits per heavy atom. The number of likely N-dealkylation sites (tertiary alicyclic amines) is 1. The second kappa shape index (κ2) is 7.10. The van der Waals surface area contributed by atoms with Crippen LogP contribution in [0.3, 0.4) is 0 Å². The number of hydrogen-bond donors (Lipinski definition) is 1. The predicted octanol–water partition coefficient (Wildman–Crippen LogP) is 7.05. The zero-order valence-corrected chi connectivity index (χ0v) is 28.1. The largest absolute Gasteiger partial charge is 0.370 e. The second-order valence-electron chi connectivity index (χ2n) is 20.9. The van der Waals surface area contributed by atoms with Gasteiger partial charge < -0.3 is 15.0 Å². The Balaban J connectivity index is 0.893.